The van der Waals surface area contributed by atoms with Gasteiger partial charge in [0, 0.05) is 19.7 Å². The molecule has 0 bridgehead atoms. The van der Waals surface area contributed by atoms with Crippen LogP contribution in [-0.4, -0.2) is 42.9 Å². The third-order valence-electron chi connectivity index (χ3n) is 5.93. The van der Waals surface area contributed by atoms with Gasteiger partial charge in [-0.3, -0.25) is 0 Å². The maximum atomic E-state index is 13.7. The van der Waals surface area contributed by atoms with Crippen molar-refractivity contribution in [3.8, 4) is 11.6 Å². The molecule has 1 aliphatic rings. The fourth-order valence-corrected chi connectivity index (χ4v) is 3.91. The largest absolute Gasteiger partial charge is 0.483 e. The molecule has 35 heavy (non-hydrogen) atoms. The van der Waals surface area contributed by atoms with Crippen LogP contribution in [0.2, 0.25) is 0 Å². The number of alkyl halides is 3. The van der Waals surface area contributed by atoms with Gasteiger partial charge in [0.1, 0.15) is 11.9 Å². The van der Waals surface area contributed by atoms with Crippen molar-refractivity contribution >= 4 is 0 Å². The van der Waals surface area contributed by atoms with Gasteiger partial charge >= 0.3 is 6.18 Å². The Hall–Kier alpha value is -2.96. The highest BCUT2D eigenvalue weighted by Crippen LogP contribution is 2.33. The summed E-state index contributed by atoms with van der Waals surface area (Å²) in [4.78, 5) is 6.33. The first-order valence-corrected chi connectivity index (χ1v) is 12.1. The third-order valence-corrected chi connectivity index (χ3v) is 5.93. The zero-order chi connectivity index (χ0) is 26.0. The van der Waals surface area contributed by atoms with E-state index in [1.807, 2.05) is 40.0 Å². The summed E-state index contributed by atoms with van der Waals surface area (Å²) in [5.41, 5.74) is 2.60. The van der Waals surface area contributed by atoms with Crippen molar-refractivity contribution in [1.82, 2.24) is 9.88 Å². The van der Waals surface area contributed by atoms with E-state index in [4.69, 9.17) is 9.47 Å². The van der Waals surface area contributed by atoms with Gasteiger partial charge in [-0.15, -0.1) is 0 Å². The number of likely N-dealkylation sites (N-methyl/N-ethyl adjacent to an activating group) is 1. The van der Waals surface area contributed by atoms with Crippen molar-refractivity contribution in [3.05, 3.63) is 76.7 Å². The Balaban J connectivity index is 2.58. The fourth-order valence-electron chi connectivity index (χ4n) is 3.91. The number of hydrogen-bond donors (Lipinski definition) is 0. The first-order valence-electron chi connectivity index (χ1n) is 12.1. The lowest BCUT2D eigenvalue weighted by molar-refractivity contribution is -0.0884. The monoisotopic (exact) mass is 490 g/mol. The van der Waals surface area contributed by atoms with Crippen molar-refractivity contribution < 1.29 is 22.6 Å². The lowest BCUT2D eigenvalue weighted by Crippen LogP contribution is -2.36. The second-order valence-electron chi connectivity index (χ2n) is 8.49. The molecule has 0 radical (unpaired) electrons. The highest BCUT2D eigenvalue weighted by atomic mass is 19.4. The average molecular weight is 491 g/mol. The quantitative estimate of drug-likeness (QED) is 0.334. The number of pyridine rings is 1. The minimum absolute atomic E-state index is 0.247. The van der Waals surface area contributed by atoms with E-state index >= 15 is 0 Å². The Bertz CT molecular complexity index is 986. The third kappa shape index (κ3) is 8.05. The molecule has 1 aromatic heterocycles. The fraction of sp³-hybridized carbons (Fsp3) is 0.464. The van der Waals surface area contributed by atoms with Crippen LogP contribution >= 0.6 is 0 Å². The maximum Gasteiger partial charge on any atom is 0.416 e. The van der Waals surface area contributed by atoms with E-state index in [0.717, 1.165) is 36.2 Å². The standard InChI is InChI=1S/C28H37F3N2O2/c1-7-11-21(17-22(12-8-2)28(29,30)31)24(20(4)9-3)18-25-26(13-10-16-33(25)5)35-23-14-15-27(34-6)32-19-23/h7,11-12,14-15,17-19,26H,8-10,13,16H2,1-6H3/b11-7-,21-17+,22-12-,24-20?,25-18-. The molecule has 2 rings (SSSR count). The number of methoxy groups -OCH3 is 1. The van der Waals surface area contributed by atoms with Crippen molar-refractivity contribution in [2.45, 2.75) is 65.7 Å². The second-order valence-corrected chi connectivity index (χ2v) is 8.49. The predicted molar refractivity (Wildman–Crippen MR) is 135 cm³/mol. The zero-order valence-corrected chi connectivity index (χ0v) is 21.6. The normalized spacial score (nSPS) is 19.9. The molecule has 0 aromatic carbocycles. The molecule has 0 aliphatic carbocycles. The smallest absolute Gasteiger partial charge is 0.416 e. The molecule has 1 aromatic rings. The number of likely N-dealkylation sites (tertiary alicyclic amines) is 1. The van der Waals surface area contributed by atoms with Gasteiger partial charge < -0.3 is 14.4 Å². The molecular formula is C28H37F3N2O2. The highest BCUT2D eigenvalue weighted by molar-refractivity contribution is 5.53. The topological polar surface area (TPSA) is 34.6 Å². The number of nitrogens with zero attached hydrogens (tertiary/aromatic N) is 2. The van der Waals surface area contributed by atoms with Gasteiger partial charge in [0.15, 0.2) is 0 Å². The molecule has 1 fully saturated rings. The van der Waals surface area contributed by atoms with Crippen LogP contribution in [0.3, 0.4) is 0 Å². The Morgan fingerprint density at radius 3 is 2.54 bits per heavy atom. The van der Waals surface area contributed by atoms with Gasteiger partial charge in [0.2, 0.25) is 5.88 Å². The minimum atomic E-state index is -4.42. The average Bonchev–Trinajstić information content (AvgIpc) is 2.82. The van der Waals surface area contributed by atoms with Crippen LogP contribution in [0.25, 0.3) is 0 Å². The number of ether oxygens (including phenoxy) is 2. The van der Waals surface area contributed by atoms with Crippen LogP contribution in [0, 0.1) is 0 Å². The van der Waals surface area contributed by atoms with Gasteiger partial charge in [-0.2, -0.15) is 13.2 Å². The summed E-state index contributed by atoms with van der Waals surface area (Å²) in [5.74, 6) is 1.11. The van der Waals surface area contributed by atoms with Gasteiger partial charge in [0.25, 0.3) is 0 Å². The highest BCUT2D eigenvalue weighted by Gasteiger charge is 2.32. The van der Waals surface area contributed by atoms with Gasteiger partial charge in [-0.1, -0.05) is 37.6 Å². The van der Waals surface area contributed by atoms with Crippen LogP contribution in [0.15, 0.2) is 76.7 Å². The Labute approximate surface area is 207 Å². The molecular weight excluding hydrogens is 453 g/mol. The molecule has 0 saturated carbocycles. The molecule has 0 N–H and O–H groups in total. The van der Waals surface area contributed by atoms with Crippen LogP contribution in [0.1, 0.15) is 53.4 Å². The summed E-state index contributed by atoms with van der Waals surface area (Å²) in [7, 11) is 3.54. The number of rotatable bonds is 9. The van der Waals surface area contributed by atoms with Crippen molar-refractivity contribution in [2.24, 2.45) is 0 Å². The van der Waals surface area contributed by atoms with Gasteiger partial charge in [-0.25, -0.2) is 4.98 Å². The van der Waals surface area contributed by atoms with E-state index in [-0.39, 0.29) is 6.10 Å². The van der Waals surface area contributed by atoms with Gasteiger partial charge in [0.05, 0.1) is 24.6 Å². The number of aromatic nitrogens is 1. The Morgan fingerprint density at radius 1 is 1.26 bits per heavy atom. The SMILES string of the molecule is C\C=C/C(=C\C(=C\CC)C(F)(F)F)C(/C=C1/C(Oc2ccc(OC)nc2)CCCN1C)=C(C)CC. The lowest BCUT2D eigenvalue weighted by Gasteiger charge is -2.35. The molecule has 1 unspecified atom stereocenters. The second kappa shape index (κ2) is 13.2. The zero-order valence-electron chi connectivity index (χ0n) is 21.6. The van der Waals surface area contributed by atoms with E-state index in [2.05, 4.69) is 9.88 Å². The van der Waals surface area contributed by atoms with E-state index < -0.39 is 11.7 Å². The Morgan fingerprint density at radius 2 is 2.00 bits per heavy atom. The van der Waals surface area contributed by atoms with Gasteiger partial charge in [-0.05, 0) is 68.9 Å². The van der Waals surface area contributed by atoms with Crippen LogP contribution in [0.4, 0.5) is 13.2 Å². The van der Waals surface area contributed by atoms with Crippen LogP contribution in [-0.2, 0) is 0 Å². The molecule has 2 heterocycles. The summed E-state index contributed by atoms with van der Waals surface area (Å²) < 4.78 is 52.6. The predicted octanol–water partition coefficient (Wildman–Crippen LogP) is 7.57. The molecule has 4 nitrogen and oxygen atoms in total. The number of halogens is 3. The first kappa shape index (κ1) is 28.3. The molecule has 1 aliphatic heterocycles. The summed E-state index contributed by atoms with van der Waals surface area (Å²) in [6, 6.07) is 3.55. The number of hydrogen-bond acceptors (Lipinski definition) is 4. The molecule has 1 saturated heterocycles. The van der Waals surface area contributed by atoms with E-state index in [0.29, 0.717) is 30.0 Å². The summed E-state index contributed by atoms with van der Waals surface area (Å²) >= 11 is 0. The van der Waals surface area contributed by atoms with Crippen LogP contribution < -0.4 is 9.47 Å². The number of piperidine rings is 1. The van der Waals surface area contributed by atoms with E-state index in [1.54, 1.807) is 38.4 Å². The van der Waals surface area contributed by atoms with Crippen LogP contribution in [0.5, 0.6) is 11.6 Å². The summed E-state index contributed by atoms with van der Waals surface area (Å²) in [6.45, 7) is 8.34. The van der Waals surface area contributed by atoms with E-state index in [1.165, 1.54) is 12.2 Å². The van der Waals surface area contributed by atoms with E-state index in [9.17, 15) is 13.2 Å². The van der Waals surface area contributed by atoms with Crippen molar-refractivity contribution in [3.63, 3.8) is 0 Å². The molecule has 7 heteroatoms. The summed E-state index contributed by atoms with van der Waals surface area (Å²) in [5, 5.41) is 0. The van der Waals surface area contributed by atoms with Crippen molar-refractivity contribution in [1.29, 1.82) is 0 Å². The summed E-state index contributed by atoms with van der Waals surface area (Å²) in [6.07, 6.45) is 7.70. The molecule has 0 spiro atoms. The molecule has 192 valence electrons. The Kier molecular flexibility index (Phi) is 10.7. The molecule has 1 atom stereocenters. The van der Waals surface area contributed by atoms with Crippen molar-refractivity contribution in [2.75, 3.05) is 20.7 Å². The number of allylic oxidation sites excluding steroid dienone is 9. The molecule has 0 amide bonds. The first-order chi connectivity index (χ1) is 16.6. The maximum absolute atomic E-state index is 13.7. The minimum Gasteiger partial charge on any atom is -0.483 e. The lowest BCUT2D eigenvalue weighted by atomic mass is 9.93.